The monoisotopic (exact) mass is 315 g/mol. The molecule has 1 aliphatic heterocycles. The van der Waals surface area contributed by atoms with Gasteiger partial charge in [0.1, 0.15) is 6.34 Å². The Morgan fingerprint density at radius 3 is 2.77 bits per heavy atom. The Balaban J connectivity index is 2.12. The van der Waals surface area contributed by atoms with Crippen molar-refractivity contribution in [3.05, 3.63) is 0 Å². The number of unbranched alkanes of at least 4 members (excludes halogenated alkanes) is 3. The molecule has 3 nitrogen and oxygen atoms in total. The number of halogens is 2. The van der Waals surface area contributed by atoms with Crippen LogP contribution in [-0.4, -0.2) is 26.6 Å². The minimum Gasteiger partial charge on any atom is -0.267 e. The van der Waals surface area contributed by atoms with Gasteiger partial charge >= 0.3 is 0 Å². The third-order valence-corrected chi connectivity index (χ3v) is 3.54. The number of nitrogens with zero attached hydrogens (tertiary/aromatic N) is 3. The van der Waals surface area contributed by atoms with Gasteiger partial charge in [-0.25, -0.2) is 0 Å². The van der Waals surface area contributed by atoms with Gasteiger partial charge in [0.15, 0.2) is 0 Å². The highest BCUT2D eigenvalue weighted by molar-refractivity contribution is 14.1. The van der Waals surface area contributed by atoms with E-state index >= 15 is 0 Å². The van der Waals surface area contributed by atoms with Crippen LogP contribution in [0.4, 0.5) is 0 Å². The van der Waals surface area contributed by atoms with Crippen LogP contribution in [0.2, 0.25) is 0 Å². The lowest BCUT2D eigenvalue weighted by atomic mass is 10.2. The summed E-state index contributed by atoms with van der Waals surface area (Å²) in [5.74, 6) is 0. The molecule has 1 rings (SSSR count). The third-order valence-electron chi connectivity index (χ3n) is 2.00. The van der Waals surface area contributed by atoms with Crippen molar-refractivity contribution in [2.75, 3.05) is 6.54 Å². The van der Waals surface area contributed by atoms with E-state index in [-0.39, 0.29) is 5.62 Å². The second kappa shape index (κ2) is 5.90. The molecule has 0 fully saturated rings. The maximum Gasteiger partial charge on any atom is 0.204 e. The molecule has 0 aromatic rings. The van der Waals surface area contributed by atoms with Gasteiger partial charge in [-0.05, 0) is 6.42 Å². The molecule has 0 bridgehead atoms. The van der Waals surface area contributed by atoms with Crippen LogP contribution < -0.4 is 0 Å². The second-order valence-electron chi connectivity index (χ2n) is 3.11. The first-order valence-corrected chi connectivity index (χ1v) is 6.04. The van der Waals surface area contributed by atoms with Crippen LogP contribution in [0.3, 0.4) is 0 Å². The van der Waals surface area contributed by atoms with Gasteiger partial charge in [0.25, 0.3) is 0 Å². The van der Waals surface area contributed by atoms with E-state index in [2.05, 4.69) is 34.9 Å². The predicted octanol–water partition coefficient (Wildman–Crippen LogP) is 3.00. The van der Waals surface area contributed by atoms with Crippen molar-refractivity contribution in [2.24, 2.45) is 5.10 Å². The molecule has 76 valence electrons. The lowest BCUT2D eigenvalue weighted by Gasteiger charge is -2.20. The first kappa shape index (κ1) is 11.4. The Kier molecular flexibility index (Phi) is 5.16. The van der Waals surface area contributed by atoms with E-state index in [0.29, 0.717) is 0 Å². The van der Waals surface area contributed by atoms with Gasteiger partial charge < -0.3 is 0 Å². The largest absolute Gasteiger partial charge is 0.267 e. The van der Waals surface area contributed by atoms with Crippen molar-refractivity contribution < 1.29 is 0 Å². The van der Waals surface area contributed by atoms with Gasteiger partial charge in [0, 0.05) is 6.54 Å². The first-order chi connectivity index (χ1) is 6.25. The number of rotatable bonds is 5. The van der Waals surface area contributed by atoms with Crippen LogP contribution in [0, 0.1) is 0 Å². The van der Waals surface area contributed by atoms with Crippen LogP contribution in [0.25, 0.3) is 0 Å². The van der Waals surface area contributed by atoms with Gasteiger partial charge in [-0.15, -0.1) is 0 Å². The summed E-state index contributed by atoms with van der Waals surface area (Å²) >= 11 is 8.21. The van der Waals surface area contributed by atoms with Crippen molar-refractivity contribution in [1.29, 1.82) is 0 Å². The third kappa shape index (κ3) is 3.50. The summed E-state index contributed by atoms with van der Waals surface area (Å²) in [4.78, 5) is 0. The van der Waals surface area contributed by atoms with E-state index in [4.69, 9.17) is 11.6 Å². The molecular weight excluding hydrogens is 300 g/mol. The standard InChI is InChI=1S/C8H15ClIN3/c1-2-3-4-5-6-13-8(9)12(10)7-11-13/h7-8H,2-6H2,1H3. The average molecular weight is 316 g/mol. The van der Waals surface area contributed by atoms with Gasteiger partial charge in [-0.2, -0.15) is 5.10 Å². The smallest absolute Gasteiger partial charge is 0.204 e. The number of hydrogen-bond donors (Lipinski definition) is 0. The fraction of sp³-hybridized carbons (Fsp3) is 0.875. The zero-order chi connectivity index (χ0) is 9.68. The van der Waals surface area contributed by atoms with Crippen LogP contribution in [0.15, 0.2) is 5.10 Å². The molecule has 0 saturated carbocycles. The lowest BCUT2D eigenvalue weighted by Crippen LogP contribution is -2.29. The topological polar surface area (TPSA) is 18.8 Å². The summed E-state index contributed by atoms with van der Waals surface area (Å²) in [7, 11) is 0. The first-order valence-electron chi connectivity index (χ1n) is 4.64. The molecule has 1 aliphatic rings. The minimum absolute atomic E-state index is 0.0952. The Bertz CT molecular complexity index is 177. The van der Waals surface area contributed by atoms with Crippen LogP contribution in [0.5, 0.6) is 0 Å². The Morgan fingerprint density at radius 1 is 1.46 bits per heavy atom. The Morgan fingerprint density at radius 2 is 2.23 bits per heavy atom. The van der Waals surface area contributed by atoms with Crippen LogP contribution in [-0.2, 0) is 0 Å². The highest BCUT2D eigenvalue weighted by Gasteiger charge is 2.22. The molecule has 0 spiro atoms. The molecule has 0 radical (unpaired) electrons. The highest BCUT2D eigenvalue weighted by atomic mass is 127. The fourth-order valence-corrected chi connectivity index (χ4v) is 1.82. The van der Waals surface area contributed by atoms with Crippen molar-refractivity contribution in [1.82, 2.24) is 8.12 Å². The molecule has 1 heterocycles. The number of alkyl halides is 1. The maximum atomic E-state index is 6.06. The zero-order valence-corrected chi connectivity index (χ0v) is 10.7. The van der Waals surface area contributed by atoms with Crippen molar-refractivity contribution in [3.63, 3.8) is 0 Å². The van der Waals surface area contributed by atoms with E-state index in [0.717, 1.165) is 6.54 Å². The van der Waals surface area contributed by atoms with Crippen molar-refractivity contribution in [3.8, 4) is 0 Å². The highest BCUT2D eigenvalue weighted by Crippen LogP contribution is 2.20. The number of hydrazone groups is 1. The molecule has 13 heavy (non-hydrogen) atoms. The van der Waals surface area contributed by atoms with Crippen LogP contribution in [0.1, 0.15) is 32.6 Å². The summed E-state index contributed by atoms with van der Waals surface area (Å²) in [6.45, 7) is 3.18. The molecule has 5 heteroatoms. The predicted molar refractivity (Wildman–Crippen MR) is 64.8 cm³/mol. The molecule has 0 N–H and O–H groups in total. The van der Waals surface area contributed by atoms with E-state index in [1.807, 2.05) is 8.12 Å². The zero-order valence-electron chi connectivity index (χ0n) is 7.79. The summed E-state index contributed by atoms with van der Waals surface area (Å²) in [6, 6.07) is 0. The van der Waals surface area contributed by atoms with E-state index < -0.39 is 0 Å². The molecular formula is C8H15ClIN3. The molecule has 1 unspecified atom stereocenters. The molecule has 0 aromatic carbocycles. The van der Waals surface area contributed by atoms with Gasteiger partial charge in [0.05, 0.1) is 22.9 Å². The summed E-state index contributed by atoms with van der Waals surface area (Å²) in [5, 5.41) is 6.11. The van der Waals surface area contributed by atoms with Crippen molar-refractivity contribution in [2.45, 2.75) is 38.2 Å². The molecule has 1 atom stereocenters. The van der Waals surface area contributed by atoms with E-state index in [1.54, 1.807) is 6.34 Å². The van der Waals surface area contributed by atoms with Gasteiger partial charge in [0.2, 0.25) is 5.62 Å². The second-order valence-corrected chi connectivity index (χ2v) is 4.61. The average Bonchev–Trinajstić information content (AvgIpc) is 2.43. The Hall–Kier alpha value is 0.290. The lowest BCUT2D eigenvalue weighted by molar-refractivity contribution is 0.248. The maximum absolute atomic E-state index is 6.06. The van der Waals surface area contributed by atoms with E-state index in [9.17, 15) is 0 Å². The van der Waals surface area contributed by atoms with Gasteiger partial charge in [-0.1, -0.05) is 37.8 Å². The summed E-state index contributed by atoms with van der Waals surface area (Å²) in [6.07, 6.45) is 6.79. The van der Waals surface area contributed by atoms with Crippen molar-refractivity contribution >= 4 is 40.8 Å². The molecule has 0 saturated heterocycles. The SMILES string of the molecule is CCCCCCN1N=CN(I)C1Cl. The molecule has 0 aliphatic carbocycles. The summed E-state index contributed by atoms with van der Waals surface area (Å²) in [5.41, 5.74) is -0.0952. The number of hydrogen-bond acceptors (Lipinski definition) is 3. The van der Waals surface area contributed by atoms with Crippen LogP contribution >= 0.6 is 34.5 Å². The van der Waals surface area contributed by atoms with E-state index in [1.165, 1.54) is 25.7 Å². The molecule has 0 aromatic heterocycles. The van der Waals surface area contributed by atoms with Gasteiger partial charge in [-0.3, -0.25) is 8.12 Å². The normalized spacial score (nSPS) is 21.6. The Labute approximate surface area is 98.6 Å². The minimum atomic E-state index is -0.0952. The fourth-order valence-electron chi connectivity index (χ4n) is 1.22. The molecule has 0 amide bonds. The summed E-state index contributed by atoms with van der Waals surface area (Å²) < 4.78 is 1.87. The quantitative estimate of drug-likeness (QED) is 0.255.